The van der Waals surface area contributed by atoms with Crippen LogP contribution in [0.25, 0.3) is 0 Å². The van der Waals surface area contributed by atoms with Crippen molar-refractivity contribution >= 4 is 22.9 Å². The Morgan fingerprint density at radius 1 is 1.53 bits per heavy atom. The van der Waals surface area contributed by atoms with Crippen LogP contribution in [0, 0.1) is 11.8 Å². The lowest BCUT2D eigenvalue weighted by Crippen LogP contribution is -2.33. The van der Waals surface area contributed by atoms with Gasteiger partial charge in [0.25, 0.3) is 0 Å². The maximum Gasteiger partial charge on any atom is 0.0931 e. The first-order valence-electron chi connectivity index (χ1n) is 5.63. The molecule has 0 saturated heterocycles. The maximum atomic E-state index is 6.02. The lowest BCUT2D eigenvalue weighted by atomic mass is 9.75. The molecule has 0 bridgehead atoms. The van der Waals surface area contributed by atoms with E-state index in [0.29, 0.717) is 6.04 Å². The standard InChI is InChI=1S/C12H18ClNS/c1-8-2-3-11(14)6-10(8)4-9-5-12(13)15-7-9/h5,7-8,10-11H,2-4,6,14H2,1H3. The molecule has 3 unspecified atom stereocenters. The van der Waals surface area contributed by atoms with Crippen molar-refractivity contribution in [1.29, 1.82) is 0 Å². The lowest BCUT2D eigenvalue weighted by Gasteiger charge is -2.32. The van der Waals surface area contributed by atoms with Crippen molar-refractivity contribution in [2.75, 3.05) is 0 Å². The summed E-state index contributed by atoms with van der Waals surface area (Å²) in [7, 11) is 0. The van der Waals surface area contributed by atoms with Crippen molar-refractivity contribution in [3.05, 3.63) is 21.3 Å². The van der Waals surface area contributed by atoms with Crippen LogP contribution in [0.2, 0.25) is 4.34 Å². The summed E-state index contributed by atoms with van der Waals surface area (Å²) in [5.41, 5.74) is 7.41. The molecule has 1 saturated carbocycles. The molecular weight excluding hydrogens is 226 g/mol. The van der Waals surface area contributed by atoms with Gasteiger partial charge in [-0.25, -0.2) is 0 Å². The van der Waals surface area contributed by atoms with E-state index in [1.807, 2.05) is 0 Å². The van der Waals surface area contributed by atoms with Crippen molar-refractivity contribution in [3.63, 3.8) is 0 Å². The monoisotopic (exact) mass is 243 g/mol. The minimum Gasteiger partial charge on any atom is -0.328 e. The first kappa shape index (κ1) is 11.4. The summed E-state index contributed by atoms with van der Waals surface area (Å²) >= 11 is 7.57. The predicted octanol–water partition coefficient (Wildman–Crippen LogP) is 3.71. The van der Waals surface area contributed by atoms with Gasteiger partial charge in [-0.1, -0.05) is 18.5 Å². The molecule has 0 radical (unpaired) electrons. The van der Waals surface area contributed by atoms with Gasteiger partial charge in [0.1, 0.15) is 0 Å². The van der Waals surface area contributed by atoms with Gasteiger partial charge in [-0.2, -0.15) is 0 Å². The molecule has 3 atom stereocenters. The third-order valence-corrected chi connectivity index (χ3v) is 4.66. The number of nitrogens with two attached hydrogens (primary N) is 1. The Hall–Kier alpha value is -0.0500. The van der Waals surface area contributed by atoms with Crippen molar-refractivity contribution < 1.29 is 0 Å². The number of hydrogen-bond donors (Lipinski definition) is 1. The predicted molar refractivity (Wildman–Crippen MR) is 67.5 cm³/mol. The quantitative estimate of drug-likeness (QED) is 0.842. The summed E-state index contributed by atoms with van der Waals surface area (Å²) in [5, 5.41) is 2.18. The average molecular weight is 244 g/mol. The summed E-state index contributed by atoms with van der Waals surface area (Å²) in [6.45, 7) is 2.35. The highest BCUT2D eigenvalue weighted by Gasteiger charge is 2.25. The minimum atomic E-state index is 0.417. The SMILES string of the molecule is CC1CCC(N)CC1Cc1csc(Cl)c1. The summed E-state index contributed by atoms with van der Waals surface area (Å²) < 4.78 is 0.901. The molecule has 1 aliphatic rings. The molecule has 1 aromatic heterocycles. The van der Waals surface area contributed by atoms with Gasteiger partial charge in [0.05, 0.1) is 4.34 Å². The molecule has 0 amide bonds. The summed E-state index contributed by atoms with van der Waals surface area (Å²) in [6, 6.07) is 2.51. The van der Waals surface area contributed by atoms with E-state index in [0.717, 1.165) is 22.6 Å². The zero-order valence-corrected chi connectivity index (χ0v) is 10.7. The Bertz CT molecular complexity index is 323. The zero-order valence-electron chi connectivity index (χ0n) is 9.08. The number of thiophene rings is 1. The number of hydrogen-bond acceptors (Lipinski definition) is 2. The highest BCUT2D eigenvalue weighted by molar-refractivity contribution is 7.14. The highest BCUT2D eigenvalue weighted by Crippen LogP contribution is 2.33. The Kier molecular flexibility index (Phi) is 3.70. The molecule has 0 spiro atoms. The molecule has 1 nitrogen and oxygen atoms in total. The Morgan fingerprint density at radius 3 is 3.00 bits per heavy atom. The maximum absolute atomic E-state index is 6.02. The van der Waals surface area contributed by atoms with Crippen LogP contribution in [0.5, 0.6) is 0 Å². The van der Waals surface area contributed by atoms with Crippen LogP contribution in [0.3, 0.4) is 0 Å². The molecule has 0 aliphatic heterocycles. The minimum absolute atomic E-state index is 0.417. The van der Waals surface area contributed by atoms with Crippen LogP contribution < -0.4 is 5.73 Å². The second kappa shape index (κ2) is 4.86. The van der Waals surface area contributed by atoms with Gasteiger partial charge in [-0.05, 0) is 54.5 Å². The molecule has 15 heavy (non-hydrogen) atoms. The molecule has 1 aliphatic carbocycles. The van der Waals surface area contributed by atoms with Gasteiger partial charge in [0.15, 0.2) is 0 Å². The third kappa shape index (κ3) is 2.96. The van der Waals surface area contributed by atoms with E-state index in [1.54, 1.807) is 11.3 Å². The fraction of sp³-hybridized carbons (Fsp3) is 0.667. The Labute approximate surface area is 101 Å². The van der Waals surface area contributed by atoms with E-state index in [-0.39, 0.29) is 0 Å². The number of halogens is 1. The summed E-state index contributed by atoms with van der Waals surface area (Å²) in [4.78, 5) is 0. The second-order valence-corrected chi connectivity index (χ2v) is 6.32. The normalized spacial score (nSPS) is 31.8. The molecule has 2 N–H and O–H groups in total. The van der Waals surface area contributed by atoms with Crippen LogP contribution in [0.15, 0.2) is 11.4 Å². The zero-order chi connectivity index (χ0) is 10.8. The lowest BCUT2D eigenvalue weighted by molar-refractivity contribution is 0.232. The van der Waals surface area contributed by atoms with Crippen LogP contribution >= 0.6 is 22.9 Å². The Balaban J connectivity index is 1.98. The van der Waals surface area contributed by atoms with Crippen molar-refractivity contribution in [3.8, 4) is 0 Å². The molecule has 1 fully saturated rings. The topological polar surface area (TPSA) is 26.0 Å². The molecular formula is C12H18ClNS. The van der Waals surface area contributed by atoms with Gasteiger partial charge < -0.3 is 5.73 Å². The van der Waals surface area contributed by atoms with Gasteiger partial charge >= 0.3 is 0 Å². The van der Waals surface area contributed by atoms with E-state index in [9.17, 15) is 0 Å². The molecule has 0 aromatic carbocycles. The molecule has 1 heterocycles. The van der Waals surface area contributed by atoms with Gasteiger partial charge in [-0.15, -0.1) is 11.3 Å². The smallest absolute Gasteiger partial charge is 0.0931 e. The molecule has 84 valence electrons. The van der Waals surface area contributed by atoms with E-state index in [2.05, 4.69) is 18.4 Å². The van der Waals surface area contributed by atoms with Crippen LogP contribution in [0.4, 0.5) is 0 Å². The Morgan fingerprint density at radius 2 is 2.33 bits per heavy atom. The molecule has 1 aromatic rings. The van der Waals surface area contributed by atoms with E-state index >= 15 is 0 Å². The van der Waals surface area contributed by atoms with Crippen molar-refractivity contribution in [1.82, 2.24) is 0 Å². The van der Waals surface area contributed by atoms with Crippen molar-refractivity contribution in [2.45, 2.75) is 38.6 Å². The highest BCUT2D eigenvalue weighted by atomic mass is 35.5. The number of rotatable bonds is 2. The van der Waals surface area contributed by atoms with E-state index in [4.69, 9.17) is 17.3 Å². The fourth-order valence-corrected chi connectivity index (χ4v) is 3.41. The van der Waals surface area contributed by atoms with Gasteiger partial charge in [0, 0.05) is 6.04 Å². The van der Waals surface area contributed by atoms with E-state index < -0.39 is 0 Å². The largest absolute Gasteiger partial charge is 0.328 e. The van der Waals surface area contributed by atoms with Crippen molar-refractivity contribution in [2.24, 2.45) is 17.6 Å². The van der Waals surface area contributed by atoms with Gasteiger partial charge in [-0.3, -0.25) is 0 Å². The van der Waals surface area contributed by atoms with Crippen LogP contribution in [-0.4, -0.2) is 6.04 Å². The van der Waals surface area contributed by atoms with Crippen LogP contribution in [0.1, 0.15) is 31.7 Å². The third-order valence-electron chi connectivity index (χ3n) is 3.52. The van der Waals surface area contributed by atoms with Crippen LogP contribution in [-0.2, 0) is 6.42 Å². The summed E-state index contributed by atoms with van der Waals surface area (Å²) in [5.74, 6) is 1.56. The summed E-state index contributed by atoms with van der Waals surface area (Å²) in [6.07, 6.45) is 4.80. The average Bonchev–Trinajstić information content (AvgIpc) is 2.58. The van der Waals surface area contributed by atoms with E-state index in [1.165, 1.54) is 24.8 Å². The molecule has 3 heteroatoms. The van der Waals surface area contributed by atoms with Gasteiger partial charge in [0.2, 0.25) is 0 Å². The first-order valence-corrected chi connectivity index (χ1v) is 6.89. The molecule has 2 rings (SSSR count). The fourth-order valence-electron chi connectivity index (χ4n) is 2.49. The second-order valence-electron chi connectivity index (χ2n) is 4.77. The first-order chi connectivity index (χ1) is 7.15.